The Morgan fingerprint density at radius 1 is 0.950 bits per heavy atom. The number of rotatable bonds is 3. The molecule has 0 saturated heterocycles. The average molecular weight is 263 g/mol. The summed E-state index contributed by atoms with van der Waals surface area (Å²) in [5, 5.41) is 2.76. The zero-order valence-electron chi connectivity index (χ0n) is 10.7. The Labute approximate surface area is 116 Å². The first-order valence-corrected chi connectivity index (χ1v) is 6.29. The van der Waals surface area contributed by atoms with Gasteiger partial charge < -0.3 is 9.88 Å². The van der Waals surface area contributed by atoms with Gasteiger partial charge in [0.15, 0.2) is 0 Å². The molecule has 3 rings (SSSR count). The molecule has 98 valence electrons. The fraction of sp³-hybridized carbons (Fsp3) is 0. The van der Waals surface area contributed by atoms with Crippen LogP contribution in [0.15, 0.2) is 73.2 Å². The van der Waals surface area contributed by atoms with Crippen molar-refractivity contribution in [2.24, 2.45) is 0 Å². The molecule has 2 heterocycles. The fourth-order valence-corrected chi connectivity index (χ4v) is 1.92. The first kappa shape index (κ1) is 12.2. The number of hydrogen-bond donors (Lipinski definition) is 1. The molecule has 0 unspecified atom stereocenters. The molecule has 0 fully saturated rings. The number of carbonyl (C=O) groups is 1. The molecule has 0 saturated carbocycles. The summed E-state index contributed by atoms with van der Waals surface area (Å²) >= 11 is 0. The van der Waals surface area contributed by atoms with Crippen LogP contribution in [0.1, 0.15) is 10.4 Å². The number of hydrogen-bond acceptors (Lipinski definition) is 2. The molecule has 0 aliphatic heterocycles. The molecule has 0 bridgehead atoms. The van der Waals surface area contributed by atoms with E-state index in [9.17, 15) is 4.79 Å². The van der Waals surface area contributed by atoms with E-state index < -0.39 is 0 Å². The molecule has 0 spiro atoms. The Bertz CT molecular complexity index is 688. The third kappa shape index (κ3) is 2.59. The summed E-state index contributed by atoms with van der Waals surface area (Å²) < 4.78 is 1.99. The number of carbonyl (C=O) groups excluding carboxylic acids is 1. The number of aromatic nitrogens is 2. The molecule has 1 aromatic carbocycles. The van der Waals surface area contributed by atoms with Crippen molar-refractivity contribution in [1.82, 2.24) is 9.55 Å². The van der Waals surface area contributed by atoms with E-state index >= 15 is 0 Å². The van der Waals surface area contributed by atoms with Crippen LogP contribution >= 0.6 is 0 Å². The number of anilines is 1. The maximum Gasteiger partial charge on any atom is 0.256 e. The maximum atomic E-state index is 12.1. The van der Waals surface area contributed by atoms with E-state index in [4.69, 9.17) is 0 Å². The largest absolute Gasteiger partial charge is 0.324 e. The number of pyridine rings is 1. The van der Waals surface area contributed by atoms with Gasteiger partial charge in [0.1, 0.15) is 5.82 Å². The van der Waals surface area contributed by atoms with E-state index in [2.05, 4.69) is 10.3 Å². The predicted molar refractivity (Wildman–Crippen MR) is 78.0 cm³/mol. The molecule has 1 amide bonds. The Hall–Kier alpha value is -2.88. The smallest absolute Gasteiger partial charge is 0.256 e. The second kappa shape index (κ2) is 5.40. The van der Waals surface area contributed by atoms with Gasteiger partial charge in [-0.3, -0.25) is 4.79 Å². The van der Waals surface area contributed by atoms with Crippen molar-refractivity contribution in [2.45, 2.75) is 0 Å². The summed E-state index contributed by atoms with van der Waals surface area (Å²) in [6, 6.07) is 16.7. The average Bonchev–Trinajstić information content (AvgIpc) is 3.03. The zero-order valence-corrected chi connectivity index (χ0v) is 10.7. The SMILES string of the molecule is O=C(Nc1ccccn1)c1ccc(-n2cccc2)cc1. The summed E-state index contributed by atoms with van der Waals surface area (Å²) in [5.41, 5.74) is 1.62. The summed E-state index contributed by atoms with van der Waals surface area (Å²) in [4.78, 5) is 16.1. The predicted octanol–water partition coefficient (Wildman–Crippen LogP) is 3.12. The van der Waals surface area contributed by atoms with Crippen LogP contribution in [0.3, 0.4) is 0 Å². The normalized spacial score (nSPS) is 10.2. The van der Waals surface area contributed by atoms with E-state index in [1.165, 1.54) is 0 Å². The lowest BCUT2D eigenvalue weighted by Gasteiger charge is -2.06. The topological polar surface area (TPSA) is 46.9 Å². The van der Waals surface area contributed by atoms with Crippen LogP contribution in [0.4, 0.5) is 5.82 Å². The quantitative estimate of drug-likeness (QED) is 0.789. The fourth-order valence-electron chi connectivity index (χ4n) is 1.92. The molecule has 0 aliphatic carbocycles. The van der Waals surface area contributed by atoms with Gasteiger partial charge in [0.2, 0.25) is 0 Å². The highest BCUT2D eigenvalue weighted by Crippen LogP contribution is 2.11. The molecule has 4 nitrogen and oxygen atoms in total. The Morgan fingerprint density at radius 3 is 2.35 bits per heavy atom. The summed E-state index contributed by atoms with van der Waals surface area (Å²) in [5.74, 6) is 0.384. The lowest BCUT2D eigenvalue weighted by Crippen LogP contribution is -2.12. The van der Waals surface area contributed by atoms with Gasteiger partial charge in [-0.15, -0.1) is 0 Å². The van der Waals surface area contributed by atoms with Crippen LogP contribution in [0.25, 0.3) is 5.69 Å². The monoisotopic (exact) mass is 263 g/mol. The van der Waals surface area contributed by atoms with Gasteiger partial charge in [-0.2, -0.15) is 0 Å². The number of amides is 1. The van der Waals surface area contributed by atoms with Crippen LogP contribution in [-0.2, 0) is 0 Å². The number of nitrogens with zero attached hydrogens (tertiary/aromatic N) is 2. The standard InChI is InChI=1S/C16H13N3O/c20-16(18-15-5-1-2-10-17-15)13-6-8-14(9-7-13)19-11-3-4-12-19/h1-12H,(H,17,18,20). The van der Waals surface area contributed by atoms with Crippen molar-refractivity contribution in [3.63, 3.8) is 0 Å². The molecule has 0 atom stereocenters. The van der Waals surface area contributed by atoms with Crippen molar-refractivity contribution >= 4 is 11.7 Å². The molecule has 0 radical (unpaired) electrons. The van der Waals surface area contributed by atoms with Crippen molar-refractivity contribution in [3.8, 4) is 5.69 Å². The van der Waals surface area contributed by atoms with E-state index in [-0.39, 0.29) is 5.91 Å². The van der Waals surface area contributed by atoms with Crippen LogP contribution in [0, 0.1) is 0 Å². The number of benzene rings is 1. The molecule has 1 N–H and O–H groups in total. The van der Waals surface area contributed by atoms with Crippen LogP contribution in [0.2, 0.25) is 0 Å². The molecule has 4 heteroatoms. The minimum absolute atomic E-state index is 0.164. The minimum atomic E-state index is -0.164. The van der Waals surface area contributed by atoms with E-state index in [1.807, 2.05) is 53.4 Å². The second-order valence-electron chi connectivity index (χ2n) is 4.31. The number of nitrogens with one attached hydrogen (secondary N) is 1. The second-order valence-corrected chi connectivity index (χ2v) is 4.31. The highest BCUT2D eigenvalue weighted by atomic mass is 16.1. The Kier molecular flexibility index (Phi) is 3.29. The molecule has 2 aromatic heterocycles. The first-order valence-electron chi connectivity index (χ1n) is 6.29. The lowest BCUT2D eigenvalue weighted by atomic mass is 10.2. The third-order valence-corrected chi connectivity index (χ3v) is 2.94. The van der Waals surface area contributed by atoms with Crippen LogP contribution in [-0.4, -0.2) is 15.5 Å². The first-order chi connectivity index (χ1) is 9.83. The van der Waals surface area contributed by atoms with Crippen molar-refractivity contribution in [2.75, 3.05) is 5.32 Å². The van der Waals surface area contributed by atoms with E-state index in [0.29, 0.717) is 11.4 Å². The summed E-state index contributed by atoms with van der Waals surface area (Å²) in [6.45, 7) is 0. The van der Waals surface area contributed by atoms with Gasteiger partial charge in [0.25, 0.3) is 5.91 Å². The molecular weight excluding hydrogens is 250 g/mol. The zero-order chi connectivity index (χ0) is 13.8. The van der Waals surface area contributed by atoms with Gasteiger partial charge in [-0.05, 0) is 48.5 Å². The lowest BCUT2D eigenvalue weighted by molar-refractivity contribution is 0.102. The van der Waals surface area contributed by atoms with Gasteiger partial charge >= 0.3 is 0 Å². The molecule has 0 aliphatic rings. The molecule has 20 heavy (non-hydrogen) atoms. The summed E-state index contributed by atoms with van der Waals surface area (Å²) in [6.07, 6.45) is 5.57. The van der Waals surface area contributed by atoms with Crippen molar-refractivity contribution in [1.29, 1.82) is 0 Å². The Morgan fingerprint density at radius 2 is 1.70 bits per heavy atom. The summed E-state index contributed by atoms with van der Waals surface area (Å²) in [7, 11) is 0. The molecule has 3 aromatic rings. The van der Waals surface area contributed by atoms with Crippen LogP contribution in [0.5, 0.6) is 0 Å². The molecular formula is C16H13N3O. The van der Waals surface area contributed by atoms with E-state index in [1.54, 1.807) is 24.4 Å². The van der Waals surface area contributed by atoms with E-state index in [0.717, 1.165) is 5.69 Å². The minimum Gasteiger partial charge on any atom is -0.324 e. The van der Waals surface area contributed by atoms with Gasteiger partial charge in [-0.1, -0.05) is 6.07 Å². The highest BCUT2D eigenvalue weighted by Gasteiger charge is 2.06. The Balaban J connectivity index is 1.76. The maximum absolute atomic E-state index is 12.1. The van der Waals surface area contributed by atoms with Gasteiger partial charge in [0, 0.05) is 29.8 Å². The third-order valence-electron chi connectivity index (χ3n) is 2.94. The van der Waals surface area contributed by atoms with Gasteiger partial charge in [0.05, 0.1) is 0 Å². The highest BCUT2D eigenvalue weighted by molar-refractivity contribution is 6.03. The van der Waals surface area contributed by atoms with Crippen molar-refractivity contribution in [3.05, 3.63) is 78.8 Å². The van der Waals surface area contributed by atoms with Crippen molar-refractivity contribution < 1.29 is 4.79 Å². The van der Waals surface area contributed by atoms with Gasteiger partial charge in [-0.25, -0.2) is 4.98 Å². The van der Waals surface area contributed by atoms with Crippen LogP contribution < -0.4 is 5.32 Å².